The number of rotatable bonds is 4. The van der Waals surface area contributed by atoms with E-state index < -0.39 is 11.0 Å². The van der Waals surface area contributed by atoms with Gasteiger partial charge in [-0.15, -0.1) is 0 Å². The molecular weight excluding hydrogens is 370 g/mol. The van der Waals surface area contributed by atoms with Crippen molar-refractivity contribution in [1.82, 2.24) is 14.3 Å². The zero-order chi connectivity index (χ0) is 18.9. The van der Waals surface area contributed by atoms with E-state index in [1.54, 1.807) is 0 Å². The molecule has 4 heterocycles. The van der Waals surface area contributed by atoms with Gasteiger partial charge < -0.3 is 15.1 Å². The average molecular weight is 396 g/mol. The maximum absolute atomic E-state index is 13.5. The number of hydrogen-bond donors (Lipinski definition) is 1. The summed E-state index contributed by atoms with van der Waals surface area (Å²) in [7, 11) is -1.31. The molecule has 0 aliphatic carbocycles. The number of piperazine rings is 1. The summed E-state index contributed by atoms with van der Waals surface area (Å²) < 4.78 is 15.4. The maximum atomic E-state index is 13.5. The van der Waals surface area contributed by atoms with Crippen molar-refractivity contribution in [3.05, 3.63) is 48.8 Å². The van der Waals surface area contributed by atoms with Gasteiger partial charge in [-0.3, -0.25) is 8.96 Å². The molecule has 146 valence electrons. The normalized spacial score (nSPS) is 18.7. The Hall–Kier alpha value is -2.38. The summed E-state index contributed by atoms with van der Waals surface area (Å²) in [5.74, 6) is 0. The molecule has 3 aromatic rings. The van der Waals surface area contributed by atoms with Crippen LogP contribution in [0, 0.1) is 0 Å². The van der Waals surface area contributed by atoms with Crippen molar-refractivity contribution in [3.63, 3.8) is 0 Å². The molecule has 0 spiro atoms. The predicted molar refractivity (Wildman–Crippen MR) is 115 cm³/mol. The van der Waals surface area contributed by atoms with Crippen LogP contribution in [0.3, 0.4) is 0 Å². The number of aromatic nitrogens is 2. The molecule has 1 unspecified atom stereocenters. The van der Waals surface area contributed by atoms with Gasteiger partial charge in [0.1, 0.15) is 5.52 Å². The largest absolute Gasteiger partial charge is 0.372 e. The summed E-state index contributed by atoms with van der Waals surface area (Å²) in [4.78, 5) is 10.1. The van der Waals surface area contributed by atoms with Gasteiger partial charge in [-0.25, -0.2) is 4.21 Å². The molecule has 2 aliphatic heterocycles. The lowest BCUT2D eigenvalue weighted by Crippen LogP contribution is -2.43. The first kappa shape index (κ1) is 17.7. The van der Waals surface area contributed by atoms with Crippen LogP contribution in [0.25, 0.3) is 11.0 Å². The number of benzene rings is 1. The lowest BCUT2D eigenvalue weighted by Gasteiger charge is -2.28. The van der Waals surface area contributed by atoms with Crippen LogP contribution >= 0.6 is 0 Å². The van der Waals surface area contributed by atoms with Crippen LogP contribution in [0.1, 0.15) is 12.8 Å². The van der Waals surface area contributed by atoms with Crippen molar-refractivity contribution >= 4 is 33.4 Å². The second-order valence-corrected chi connectivity index (χ2v) is 8.75. The van der Waals surface area contributed by atoms with Crippen LogP contribution in [0.15, 0.2) is 53.7 Å². The number of pyridine rings is 1. The number of nitrogens with zero attached hydrogens (tertiary/aromatic N) is 4. The fourth-order valence-corrected chi connectivity index (χ4v) is 5.33. The molecule has 5 rings (SSSR count). The summed E-state index contributed by atoms with van der Waals surface area (Å²) in [6.45, 7) is 5.96. The highest BCUT2D eigenvalue weighted by molar-refractivity contribution is 7.83. The highest BCUT2D eigenvalue weighted by Gasteiger charge is 2.21. The van der Waals surface area contributed by atoms with Crippen molar-refractivity contribution < 1.29 is 4.21 Å². The summed E-state index contributed by atoms with van der Waals surface area (Å²) in [6, 6.07) is 12.1. The molecule has 0 bridgehead atoms. The van der Waals surface area contributed by atoms with E-state index in [9.17, 15) is 4.21 Å². The van der Waals surface area contributed by atoms with Crippen LogP contribution in [-0.4, -0.2) is 52.4 Å². The number of anilines is 2. The Kier molecular flexibility index (Phi) is 4.78. The Balaban J connectivity index is 1.54. The minimum atomic E-state index is -1.31. The van der Waals surface area contributed by atoms with Gasteiger partial charge in [-0.05, 0) is 43.2 Å². The van der Waals surface area contributed by atoms with E-state index in [0.717, 1.165) is 60.9 Å². The van der Waals surface area contributed by atoms with Gasteiger partial charge in [0.05, 0.1) is 16.1 Å². The Labute approximate surface area is 167 Å². The van der Waals surface area contributed by atoms with Crippen LogP contribution in [-0.2, 0) is 11.0 Å². The van der Waals surface area contributed by atoms with Gasteiger partial charge >= 0.3 is 0 Å². The average Bonchev–Trinajstić information content (AvgIpc) is 3.42. The summed E-state index contributed by atoms with van der Waals surface area (Å²) in [5.41, 5.74) is 4.08. The first-order valence-electron chi connectivity index (χ1n) is 10.0. The molecule has 2 aromatic heterocycles. The molecule has 0 amide bonds. The Morgan fingerprint density at radius 1 is 0.964 bits per heavy atom. The first-order valence-corrected chi connectivity index (χ1v) is 11.1. The van der Waals surface area contributed by atoms with Crippen LogP contribution in [0.4, 0.5) is 11.4 Å². The molecule has 2 saturated heterocycles. The zero-order valence-corrected chi connectivity index (χ0v) is 16.7. The van der Waals surface area contributed by atoms with Crippen molar-refractivity contribution in [3.8, 4) is 0 Å². The lowest BCUT2D eigenvalue weighted by molar-refractivity contribution is 0.590. The van der Waals surface area contributed by atoms with Crippen molar-refractivity contribution in [2.24, 2.45) is 0 Å². The SMILES string of the molecule is O=S(c1cccc(N2CCCC2)c1)n1cc(N2CCNCC2)c2ncccc21. The van der Waals surface area contributed by atoms with Gasteiger partial charge in [0.2, 0.25) is 0 Å². The third-order valence-corrected chi connectivity index (χ3v) is 6.95. The fraction of sp³-hybridized carbons (Fsp3) is 0.381. The predicted octanol–water partition coefficient (Wildman–Crippen LogP) is 2.62. The highest BCUT2D eigenvalue weighted by atomic mass is 32.2. The van der Waals surface area contributed by atoms with Gasteiger partial charge in [-0.2, -0.15) is 0 Å². The van der Waals surface area contributed by atoms with Crippen LogP contribution in [0.5, 0.6) is 0 Å². The third-order valence-electron chi connectivity index (χ3n) is 5.63. The molecule has 6 nitrogen and oxygen atoms in total. The second-order valence-electron chi connectivity index (χ2n) is 7.39. The molecule has 7 heteroatoms. The van der Waals surface area contributed by atoms with E-state index in [4.69, 9.17) is 0 Å². The second kappa shape index (κ2) is 7.56. The molecule has 28 heavy (non-hydrogen) atoms. The Bertz CT molecular complexity index is 1000. The van der Waals surface area contributed by atoms with Crippen LogP contribution < -0.4 is 15.1 Å². The van der Waals surface area contributed by atoms with Crippen molar-refractivity contribution in [2.45, 2.75) is 17.7 Å². The summed E-state index contributed by atoms with van der Waals surface area (Å²) >= 11 is 0. The first-order chi connectivity index (χ1) is 13.8. The number of fused-ring (bicyclic) bond motifs is 1. The fourth-order valence-electron chi connectivity index (χ4n) is 4.17. The smallest absolute Gasteiger partial charge is 0.157 e. The highest BCUT2D eigenvalue weighted by Crippen LogP contribution is 2.30. The summed E-state index contributed by atoms with van der Waals surface area (Å²) in [5, 5.41) is 3.39. The molecule has 1 N–H and O–H groups in total. The molecule has 0 saturated carbocycles. The van der Waals surface area contributed by atoms with E-state index in [2.05, 4.69) is 32.2 Å². The maximum Gasteiger partial charge on any atom is 0.157 e. The number of nitrogens with one attached hydrogen (secondary N) is 1. The molecule has 2 aliphatic rings. The van der Waals surface area contributed by atoms with Gasteiger partial charge in [0, 0.05) is 57.3 Å². The monoisotopic (exact) mass is 395 g/mol. The molecule has 2 fully saturated rings. The van der Waals surface area contributed by atoms with E-state index in [1.165, 1.54) is 18.5 Å². The molecule has 0 radical (unpaired) electrons. The van der Waals surface area contributed by atoms with Crippen molar-refractivity contribution in [2.75, 3.05) is 49.1 Å². The Morgan fingerprint density at radius 3 is 2.61 bits per heavy atom. The van der Waals surface area contributed by atoms with Crippen molar-refractivity contribution in [1.29, 1.82) is 0 Å². The van der Waals surface area contributed by atoms with E-state index in [0.29, 0.717) is 0 Å². The van der Waals surface area contributed by atoms with Gasteiger partial charge in [0.15, 0.2) is 11.0 Å². The molecule has 1 aromatic carbocycles. The Morgan fingerprint density at radius 2 is 1.79 bits per heavy atom. The van der Waals surface area contributed by atoms with E-state index in [-0.39, 0.29) is 0 Å². The topological polar surface area (TPSA) is 53.4 Å². The third kappa shape index (κ3) is 3.18. The minimum Gasteiger partial charge on any atom is -0.372 e. The van der Waals surface area contributed by atoms with Gasteiger partial charge in [-0.1, -0.05) is 6.07 Å². The molecular formula is C21H25N5OS. The van der Waals surface area contributed by atoms with Crippen LogP contribution in [0.2, 0.25) is 0 Å². The zero-order valence-electron chi connectivity index (χ0n) is 15.9. The number of hydrogen-bond acceptors (Lipinski definition) is 5. The van der Waals surface area contributed by atoms with E-state index >= 15 is 0 Å². The van der Waals surface area contributed by atoms with E-state index in [1.807, 2.05) is 40.6 Å². The lowest BCUT2D eigenvalue weighted by atomic mass is 10.3. The standard InChI is InChI=1S/C21H25N5OS/c27-28(18-6-3-5-17(15-18)24-11-1-2-12-24)26-16-20(25-13-9-22-10-14-25)21-19(26)7-4-8-23-21/h3-8,15-16,22H,1-2,9-14H2. The minimum absolute atomic E-state index is 0.831. The quantitative estimate of drug-likeness (QED) is 0.736. The van der Waals surface area contributed by atoms with Gasteiger partial charge in [0.25, 0.3) is 0 Å². The molecule has 1 atom stereocenters. The summed E-state index contributed by atoms with van der Waals surface area (Å²) in [6.07, 6.45) is 6.29.